The quantitative estimate of drug-likeness (QED) is 0.166. The van der Waals surface area contributed by atoms with Gasteiger partial charge in [-0.05, 0) is 100 Å². The monoisotopic (exact) mass is 661 g/mol. The number of aromatic nitrogens is 2. The standard InChI is InChI=1S/C46H29F2N3/c47-36-18-24-39(25-19-36)51(40-26-20-37(48)21-27-40)38-22-15-30(16-23-38)35-14-12-31-11-13-32-17-28-42-46(43(32)41(31)29-35)50-45(34-9-5-2-6-10-34)44(49-42)33-7-3-1-4-8-33/h1-29H. The van der Waals surface area contributed by atoms with Crippen LogP contribution in [-0.2, 0) is 0 Å². The summed E-state index contributed by atoms with van der Waals surface area (Å²) in [5.74, 6) is -0.632. The van der Waals surface area contributed by atoms with E-state index in [2.05, 4.69) is 78.9 Å². The zero-order valence-corrected chi connectivity index (χ0v) is 27.3. The maximum atomic E-state index is 13.9. The van der Waals surface area contributed by atoms with Crippen molar-refractivity contribution in [3.8, 4) is 33.6 Å². The topological polar surface area (TPSA) is 29.0 Å². The molecule has 0 aliphatic carbocycles. The Hall–Kier alpha value is -6.72. The first-order valence-corrected chi connectivity index (χ1v) is 16.8. The van der Waals surface area contributed by atoms with E-state index in [0.29, 0.717) is 0 Å². The number of nitrogens with zero attached hydrogens (tertiary/aromatic N) is 3. The zero-order chi connectivity index (χ0) is 34.3. The van der Waals surface area contributed by atoms with Crippen molar-refractivity contribution in [1.29, 1.82) is 0 Å². The van der Waals surface area contributed by atoms with Gasteiger partial charge in [-0.15, -0.1) is 0 Å². The van der Waals surface area contributed by atoms with Crippen molar-refractivity contribution in [1.82, 2.24) is 9.97 Å². The third kappa shape index (κ3) is 5.65. The van der Waals surface area contributed by atoms with E-state index < -0.39 is 0 Å². The van der Waals surface area contributed by atoms with Crippen LogP contribution in [0.2, 0.25) is 0 Å². The zero-order valence-electron chi connectivity index (χ0n) is 27.3. The smallest absolute Gasteiger partial charge is 0.123 e. The third-order valence-corrected chi connectivity index (χ3v) is 9.36. The average Bonchev–Trinajstić information content (AvgIpc) is 3.19. The lowest BCUT2D eigenvalue weighted by Gasteiger charge is -2.25. The van der Waals surface area contributed by atoms with Crippen molar-refractivity contribution < 1.29 is 8.78 Å². The van der Waals surface area contributed by atoms with Gasteiger partial charge in [0.2, 0.25) is 0 Å². The Morgan fingerprint density at radius 1 is 0.392 bits per heavy atom. The lowest BCUT2D eigenvalue weighted by Crippen LogP contribution is -2.09. The summed E-state index contributed by atoms with van der Waals surface area (Å²) in [5, 5.41) is 4.37. The van der Waals surface area contributed by atoms with Crippen molar-refractivity contribution in [2.24, 2.45) is 0 Å². The minimum absolute atomic E-state index is 0.316. The lowest BCUT2D eigenvalue weighted by atomic mass is 9.95. The van der Waals surface area contributed by atoms with Gasteiger partial charge in [-0.3, -0.25) is 0 Å². The van der Waals surface area contributed by atoms with Gasteiger partial charge in [0.25, 0.3) is 0 Å². The number of fused-ring (bicyclic) bond motifs is 5. The van der Waals surface area contributed by atoms with Gasteiger partial charge in [0.15, 0.2) is 0 Å². The second-order valence-corrected chi connectivity index (χ2v) is 12.5. The highest BCUT2D eigenvalue weighted by Gasteiger charge is 2.17. The number of hydrogen-bond acceptors (Lipinski definition) is 3. The van der Waals surface area contributed by atoms with Gasteiger partial charge >= 0.3 is 0 Å². The van der Waals surface area contributed by atoms with E-state index in [-0.39, 0.29) is 11.6 Å². The Labute approximate surface area is 293 Å². The first-order chi connectivity index (χ1) is 25.1. The van der Waals surface area contributed by atoms with Crippen LogP contribution in [0.4, 0.5) is 25.8 Å². The molecule has 0 amide bonds. The molecule has 5 heteroatoms. The lowest BCUT2D eigenvalue weighted by molar-refractivity contribution is 0.628. The van der Waals surface area contributed by atoms with Gasteiger partial charge in [-0.1, -0.05) is 103 Å². The molecular formula is C46H29F2N3. The number of benzene rings is 8. The highest BCUT2D eigenvalue weighted by atomic mass is 19.1. The highest BCUT2D eigenvalue weighted by molar-refractivity contribution is 6.19. The molecule has 0 atom stereocenters. The molecule has 8 aromatic carbocycles. The van der Waals surface area contributed by atoms with Gasteiger partial charge in [0.05, 0.1) is 22.4 Å². The molecule has 0 N–H and O–H groups in total. The maximum Gasteiger partial charge on any atom is 0.123 e. The number of halogens is 2. The van der Waals surface area contributed by atoms with Gasteiger partial charge in [0.1, 0.15) is 11.6 Å². The summed E-state index contributed by atoms with van der Waals surface area (Å²) >= 11 is 0. The van der Waals surface area contributed by atoms with Crippen LogP contribution >= 0.6 is 0 Å². The van der Waals surface area contributed by atoms with Crippen LogP contribution in [0.1, 0.15) is 0 Å². The molecule has 242 valence electrons. The summed E-state index contributed by atoms with van der Waals surface area (Å²) in [4.78, 5) is 12.6. The van der Waals surface area contributed by atoms with Crippen molar-refractivity contribution in [3.63, 3.8) is 0 Å². The highest BCUT2D eigenvalue weighted by Crippen LogP contribution is 2.39. The molecule has 0 fully saturated rings. The number of rotatable bonds is 6. The number of hydrogen-bond donors (Lipinski definition) is 0. The second kappa shape index (κ2) is 12.6. The largest absolute Gasteiger partial charge is 0.310 e. The fourth-order valence-electron chi connectivity index (χ4n) is 6.86. The maximum absolute atomic E-state index is 13.9. The first-order valence-electron chi connectivity index (χ1n) is 16.8. The van der Waals surface area contributed by atoms with Crippen LogP contribution < -0.4 is 4.90 Å². The van der Waals surface area contributed by atoms with E-state index in [1.54, 1.807) is 24.3 Å². The Bertz CT molecular complexity index is 2630. The molecule has 0 aliphatic heterocycles. The summed E-state index contributed by atoms with van der Waals surface area (Å²) in [5.41, 5.74) is 9.94. The predicted octanol–water partition coefficient (Wildman–Crippen LogP) is 12.7. The van der Waals surface area contributed by atoms with Crippen molar-refractivity contribution in [2.75, 3.05) is 4.90 Å². The van der Waals surface area contributed by atoms with Crippen molar-refractivity contribution in [2.45, 2.75) is 0 Å². The van der Waals surface area contributed by atoms with E-state index in [9.17, 15) is 8.78 Å². The van der Waals surface area contributed by atoms with Gasteiger partial charge in [-0.2, -0.15) is 0 Å². The summed E-state index contributed by atoms with van der Waals surface area (Å²) in [7, 11) is 0. The minimum atomic E-state index is -0.316. The first kappa shape index (κ1) is 30.3. The van der Waals surface area contributed by atoms with Crippen molar-refractivity contribution >= 4 is 49.6 Å². The van der Waals surface area contributed by atoms with Crippen LogP contribution in [0.3, 0.4) is 0 Å². The molecule has 1 heterocycles. The van der Waals surface area contributed by atoms with Crippen LogP contribution in [-0.4, -0.2) is 9.97 Å². The third-order valence-electron chi connectivity index (χ3n) is 9.36. The van der Waals surface area contributed by atoms with E-state index in [1.807, 2.05) is 53.4 Å². The van der Waals surface area contributed by atoms with E-state index in [0.717, 1.165) is 83.3 Å². The molecule has 9 rings (SSSR count). The van der Waals surface area contributed by atoms with Crippen LogP contribution in [0.15, 0.2) is 176 Å². The fourth-order valence-corrected chi connectivity index (χ4v) is 6.86. The Kier molecular flexibility index (Phi) is 7.51. The van der Waals surface area contributed by atoms with Crippen LogP contribution in [0.5, 0.6) is 0 Å². The summed E-state index contributed by atoms with van der Waals surface area (Å²) < 4.78 is 27.7. The van der Waals surface area contributed by atoms with E-state index in [1.165, 1.54) is 24.3 Å². The normalized spacial score (nSPS) is 11.3. The molecule has 3 nitrogen and oxygen atoms in total. The fraction of sp³-hybridized carbons (Fsp3) is 0. The molecule has 0 radical (unpaired) electrons. The predicted molar refractivity (Wildman–Crippen MR) is 205 cm³/mol. The molecule has 51 heavy (non-hydrogen) atoms. The van der Waals surface area contributed by atoms with Crippen molar-refractivity contribution in [3.05, 3.63) is 188 Å². The minimum Gasteiger partial charge on any atom is -0.310 e. The average molecular weight is 662 g/mol. The summed E-state index contributed by atoms with van der Waals surface area (Å²) in [6.07, 6.45) is 0. The van der Waals surface area contributed by atoms with Crippen LogP contribution in [0, 0.1) is 11.6 Å². The van der Waals surface area contributed by atoms with Gasteiger partial charge < -0.3 is 4.90 Å². The Morgan fingerprint density at radius 2 is 0.863 bits per heavy atom. The van der Waals surface area contributed by atoms with Crippen LogP contribution in [0.25, 0.3) is 66.2 Å². The molecule has 1 aromatic heterocycles. The van der Waals surface area contributed by atoms with Gasteiger partial charge in [-0.25, -0.2) is 18.7 Å². The summed E-state index contributed by atoms with van der Waals surface area (Å²) in [6.45, 7) is 0. The Morgan fingerprint density at radius 3 is 1.45 bits per heavy atom. The molecule has 9 aromatic rings. The molecule has 0 saturated heterocycles. The SMILES string of the molecule is Fc1ccc(N(c2ccc(F)cc2)c2ccc(-c3ccc4ccc5ccc6nc(-c7ccccc7)c(-c7ccccc7)nc6c5c4c3)cc2)cc1. The second-order valence-electron chi connectivity index (χ2n) is 12.5. The van der Waals surface area contributed by atoms with E-state index >= 15 is 0 Å². The number of anilines is 3. The summed E-state index contributed by atoms with van der Waals surface area (Å²) in [6, 6.07) is 56.3. The Balaban J connectivity index is 1.19. The molecule has 0 aliphatic rings. The van der Waals surface area contributed by atoms with Gasteiger partial charge in [0, 0.05) is 33.6 Å². The molecule has 0 unspecified atom stereocenters. The van der Waals surface area contributed by atoms with E-state index in [4.69, 9.17) is 9.97 Å². The molecule has 0 spiro atoms. The molecule has 0 bridgehead atoms. The molecular weight excluding hydrogens is 633 g/mol. The molecule has 0 saturated carbocycles.